The van der Waals surface area contributed by atoms with E-state index in [-0.39, 0.29) is 11.5 Å². The Hall–Kier alpha value is -2.69. The van der Waals surface area contributed by atoms with E-state index in [9.17, 15) is 4.79 Å². The number of rotatable bonds is 6. The molecule has 6 rings (SSSR count). The first-order chi connectivity index (χ1) is 19.2. The number of nitrogens with zero attached hydrogens (tertiary/aromatic N) is 1. The van der Waals surface area contributed by atoms with Crippen LogP contribution in [0.4, 0.5) is 0 Å². The minimum atomic E-state index is 0.157. The molecule has 216 valence electrons. The minimum Gasteiger partial charge on any atom is -0.497 e. The summed E-state index contributed by atoms with van der Waals surface area (Å²) in [5.74, 6) is 6.18. The molecule has 1 saturated heterocycles. The van der Waals surface area contributed by atoms with Gasteiger partial charge in [-0.05, 0) is 109 Å². The molecule has 3 aliphatic carbocycles. The molecule has 0 aromatic heterocycles. The van der Waals surface area contributed by atoms with Gasteiger partial charge in [0.25, 0.3) is 0 Å². The van der Waals surface area contributed by atoms with E-state index < -0.39 is 0 Å². The van der Waals surface area contributed by atoms with Gasteiger partial charge in [0, 0.05) is 30.6 Å². The summed E-state index contributed by atoms with van der Waals surface area (Å²) in [6, 6.07) is 15.1. The van der Waals surface area contributed by atoms with Gasteiger partial charge in [-0.25, -0.2) is 0 Å². The maximum absolute atomic E-state index is 13.5. The van der Waals surface area contributed by atoms with Crippen molar-refractivity contribution in [2.75, 3.05) is 21.3 Å². The average molecular weight is 546 g/mol. The zero-order chi connectivity index (χ0) is 28.2. The van der Waals surface area contributed by atoms with E-state index in [1.165, 1.54) is 31.2 Å². The molecule has 3 unspecified atom stereocenters. The van der Waals surface area contributed by atoms with Crippen molar-refractivity contribution in [1.82, 2.24) is 4.90 Å². The molecular weight excluding hydrogens is 498 g/mol. The number of benzene rings is 2. The summed E-state index contributed by atoms with van der Waals surface area (Å²) in [4.78, 5) is 15.7. The molecule has 40 heavy (non-hydrogen) atoms. The molecule has 3 saturated carbocycles. The third-order valence-corrected chi connectivity index (χ3v) is 12.1. The van der Waals surface area contributed by atoms with Gasteiger partial charge in [0.05, 0.1) is 21.3 Å². The van der Waals surface area contributed by atoms with Crippen molar-refractivity contribution in [3.63, 3.8) is 0 Å². The van der Waals surface area contributed by atoms with E-state index in [0.717, 1.165) is 47.5 Å². The largest absolute Gasteiger partial charge is 0.497 e. The van der Waals surface area contributed by atoms with Gasteiger partial charge in [-0.1, -0.05) is 32.9 Å². The second-order valence-electron chi connectivity index (χ2n) is 13.7. The molecule has 1 heterocycles. The van der Waals surface area contributed by atoms with Crippen molar-refractivity contribution in [2.24, 2.45) is 34.5 Å². The van der Waals surface area contributed by atoms with Gasteiger partial charge in [-0.15, -0.1) is 0 Å². The Labute approximate surface area is 240 Å². The summed E-state index contributed by atoms with van der Waals surface area (Å²) < 4.78 is 16.6. The molecule has 5 heteroatoms. The lowest BCUT2D eigenvalue weighted by molar-refractivity contribution is -0.170. The highest BCUT2D eigenvalue weighted by Crippen LogP contribution is 2.69. The number of hydrogen-bond acceptors (Lipinski definition) is 4. The number of ether oxygens (including phenoxy) is 3. The molecule has 2 aromatic carbocycles. The number of carbonyl (C=O) groups is 1. The second kappa shape index (κ2) is 10.3. The van der Waals surface area contributed by atoms with Crippen molar-refractivity contribution in [3.05, 3.63) is 53.6 Å². The third-order valence-electron chi connectivity index (χ3n) is 12.1. The van der Waals surface area contributed by atoms with Crippen LogP contribution in [0.15, 0.2) is 42.5 Å². The third kappa shape index (κ3) is 4.21. The highest BCUT2D eigenvalue weighted by atomic mass is 16.5. The maximum Gasteiger partial charge on any atom is 0.223 e. The summed E-state index contributed by atoms with van der Waals surface area (Å²) in [6.45, 7) is 8.24. The van der Waals surface area contributed by atoms with Crippen LogP contribution in [0.3, 0.4) is 0 Å². The Kier molecular flexibility index (Phi) is 7.07. The lowest BCUT2D eigenvalue weighted by Gasteiger charge is -2.64. The number of methoxy groups -OCH3 is 3. The van der Waals surface area contributed by atoms with Gasteiger partial charge in [0.15, 0.2) is 0 Å². The van der Waals surface area contributed by atoms with E-state index in [4.69, 9.17) is 14.2 Å². The van der Waals surface area contributed by atoms with Crippen LogP contribution < -0.4 is 14.2 Å². The summed E-state index contributed by atoms with van der Waals surface area (Å²) in [6.07, 6.45) is 7.93. The van der Waals surface area contributed by atoms with Crippen LogP contribution in [0, 0.1) is 34.5 Å². The fraction of sp³-hybridized carbons (Fsp3) is 0.629. The van der Waals surface area contributed by atoms with Gasteiger partial charge < -0.3 is 19.1 Å². The normalized spacial score (nSPS) is 36.9. The fourth-order valence-electron chi connectivity index (χ4n) is 10.1. The van der Waals surface area contributed by atoms with Gasteiger partial charge in [-0.2, -0.15) is 0 Å². The lowest BCUT2D eigenvalue weighted by Crippen LogP contribution is -2.63. The van der Waals surface area contributed by atoms with Crippen LogP contribution in [0.25, 0.3) is 0 Å². The van der Waals surface area contributed by atoms with Crippen LogP contribution in [0.1, 0.15) is 82.8 Å². The zero-order valence-electron chi connectivity index (χ0n) is 25.2. The number of carbonyl (C=O) groups excluding carboxylic acids is 1. The molecule has 4 fully saturated rings. The van der Waals surface area contributed by atoms with Crippen molar-refractivity contribution < 1.29 is 19.0 Å². The zero-order valence-corrected chi connectivity index (χ0v) is 25.2. The monoisotopic (exact) mass is 545 g/mol. The van der Waals surface area contributed by atoms with Gasteiger partial charge >= 0.3 is 0 Å². The Morgan fingerprint density at radius 3 is 2.25 bits per heavy atom. The molecule has 1 aliphatic heterocycles. The van der Waals surface area contributed by atoms with Crippen LogP contribution >= 0.6 is 0 Å². The fourth-order valence-corrected chi connectivity index (χ4v) is 10.1. The Bertz CT molecular complexity index is 1240. The van der Waals surface area contributed by atoms with Gasteiger partial charge in [0.1, 0.15) is 17.2 Å². The Morgan fingerprint density at radius 1 is 0.850 bits per heavy atom. The van der Waals surface area contributed by atoms with Gasteiger partial charge in [-0.3, -0.25) is 4.79 Å². The molecule has 0 radical (unpaired) electrons. The maximum atomic E-state index is 13.5. The highest BCUT2D eigenvalue weighted by molar-refractivity contribution is 5.78. The molecule has 0 spiro atoms. The van der Waals surface area contributed by atoms with Gasteiger partial charge in [0.2, 0.25) is 5.91 Å². The summed E-state index contributed by atoms with van der Waals surface area (Å²) in [5.41, 5.74) is 3.04. The van der Waals surface area contributed by atoms with Crippen LogP contribution in [-0.2, 0) is 11.3 Å². The van der Waals surface area contributed by atoms with Crippen molar-refractivity contribution in [3.8, 4) is 17.2 Å². The molecule has 4 aliphatic rings. The summed E-state index contributed by atoms with van der Waals surface area (Å²) >= 11 is 0. The number of likely N-dealkylation sites (tertiary alicyclic amines) is 1. The molecule has 1 amide bonds. The molecule has 0 N–H and O–H groups in total. The van der Waals surface area contributed by atoms with Crippen LogP contribution in [-0.4, -0.2) is 38.2 Å². The topological polar surface area (TPSA) is 48.0 Å². The van der Waals surface area contributed by atoms with E-state index in [0.29, 0.717) is 42.0 Å². The highest BCUT2D eigenvalue weighted by Gasteiger charge is 2.63. The number of amides is 1. The average Bonchev–Trinajstić information content (AvgIpc) is 3.33. The van der Waals surface area contributed by atoms with E-state index >= 15 is 0 Å². The first-order valence-corrected chi connectivity index (χ1v) is 15.4. The molecular formula is C35H47NO4. The summed E-state index contributed by atoms with van der Waals surface area (Å²) in [7, 11) is 5.12. The molecule has 0 bridgehead atoms. The van der Waals surface area contributed by atoms with Crippen LogP contribution in [0.2, 0.25) is 0 Å². The number of hydrogen-bond donors (Lipinski definition) is 0. The van der Waals surface area contributed by atoms with E-state index in [1.54, 1.807) is 21.3 Å². The smallest absolute Gasteiger partial charge is 0.223 e. The van der Waals surface area contributed by atoms with Crippen molar-refractivity contribution >= 4 is 5.91 Å². The lowest BCUT2D eigenvalue weighted by atomic mass is 9.44. The number of fused-ring (bicyclic) bond motifs is 5. The Morgan fingerprint density at radius 2 is 1.55 bits per heavy atom. The van der Waals surface area contributed by atoms with Crippen LogP contribution in [0.5, 0.6) is 17.2 Å². The first-order valence-electron chi connectivity index (χ1n) is 15.4. The standard InChI is InChI=1S/C35H47NO4/c1-22-19-31-35(3,18-16-32(37)36(31)21-24-9-12-26(39-5)20-30(24)40-6)29-15-17-34(2)27(13-14-28(34)33(22)29)23-7-10-25(38-4)11-8-23/h7-12,20,22,27-29,31,33H,13-19,21H2,1-6H3/t22?,27?,28-,29+,31?,33-,34+,35+/m0/s1. The second-order valence-corrected chi connectivity index (χ2v) is 13.7. The van der Waals surface area contributed by atoms with E-state index in [1.807, 2.05) is 12.1 Å². The predicted octanol–water partition coefficient (Wildman–Crippen LogP) is 7.48. The predicted molar refractivity (Wildman–Crippen MR) is 158 cm³/mol. The first kappa shape index (κ1) is 27.5. The molecule has 5 nitrogen and oxygen atoms in total. The van der Waals surface area contributed by atoms with Crippen molar-refractivity contribution in [2.45, 2.75) is 84.2 Å². The quantitative estimate of drug-likeness (QED) is 0.378. The minimum absolute atomic E-state index is 0.157. The SMILES string of the molecule is COc1ccc(C2CC[C@H]3[C@@H]4C(C)CC5N(Cc6ccc(OC)cc6OC)C(=O)CC[C@]5(C)[C@@H]4CC[C@]23C)cc1. The van der Waals surface area contributed by atoms with Crippen molar-refractivity contribution in [1.29, 1.82) is 0 Å². The number of piperidine rings is 1. The van der Waals surface area contributed by atoms with E-state index in [2.05, 4.69) is 56.0 Å². The Balaban J connectivity index is 1.28. The molecule has 2 aromatic rings. The molecule has 8 atom stereocenters. The summed E-state index contributed by atoms with van der Waals surface area (Å²) in [5, 5.41) is 0.